The molecule has 0 aliphatic carbocycles. The minimum Gasteiger partial charge on any atom is -0.462 e. The van der Waals surface area contributed by atoms with Gasteiger partial charge in [-0.3, -0.25) is 37.3 Å². The highest BCUT2D eigenvalue weighted by molar-refractivity contribution is 7.47. The van der Waals surface area contributed by atoms with Crippen LogP contribution in [0.25, 0.3) is 0 Å². The van der Waals surface area contributed by atoms with E-state index in [-0.39, 0.29) is 25.7 Å². The third kappa shape index (κ3) is 81.9. The van der Waals surface area contributed by atoms with Gasteiger partial charge in [0.2, 0.25) is 0 Å². The molecular formula is C88H172O17P2. The zero-order valence-electron chi connectivity index (χ0n) is 70.5. The fourth-order valence-electron chi connectivity index (χ4n) is 13.8. The van der Waals surface area contributed by atoms with Crippen molar-refractivity contribution in [3.63, 3.8) is 0 Å². The maximum absolute atomic E-state index is 13.2. The Morgan fingerprint density at radius 2 is 0.430 bits per heavy atom. The minimum absolute atomic E-state index is 0.108. The SMILES string of the molecule is CCCCCCCCCCCCCCCCCCCCCCCCC(=O)O[C@H](COC(=O)CCCCCCCCCCCCCCCCCC(C)C)COP(=O)(O)OC[C@@H](O)COP(=O)(O)OC[C@@H](COC(=O)CCCCCCCCCCCC(C)C)OC(=O)CCCCCCCCCCCCCCCCC. The molecular weight excluding hydrogens is 1390 g/mol. The molecule has 0 aliphatic rings. The summed E-state index contributed by atoms with van der Waals surface area (Å²) in [5.41, 5.74) is 0. The van der Waals surface area contributed by atoms with E-state index in [1.165, 1.54) is 289 Å². The number of aliphatic hydroxyl groups excluding tert-OH is 1. The summed E-state index contributed by atoms with van der Waals surface area (Å²) in [4.78, 5) is 73.3. The maximum atomic E-state index is 13.2. The lowest BCUT2D eigenvalue weighted by atomic mass is 10.0. The Labute approximate surface area is 658 Å². The Hall–Kier alpha value is -1.94. The van der Waals surface area contributed by atoms with Crippen LogP contribution in [0, 0.1) is 11.8 Å². The number of phosphoric ester groups is 2. The van der Waals surface area contributed by atoms with Gasteiger partial charge in [-0.15, -0.1) is 0 Å². The quantitative estimate of drug-likeness (QED) is 0.0222. The highest BCUT2D eigenvalue weighted by atomic mass is 31.2. The molecule has 0 amide bonds. The van der Waals surface area contributed by atoms with Crippen molar-refractivity contribution >= 4 is 39.5 Å². The third-order valence-corrected chi connectivity index (χ3v) is 22.6. The third-order valence-electron chi connectivity index (χ3n) is 20.7. The van der Waals surface area contributed by atoms with Crippen LogP contribution in [-0.2, 0) is 65.4 Å². The van der Waals surface area contributed by atoms with Gasteiger partial charge in [0.15, 0.2) is 12.2 Å². The average molecular weight is 1560 g/mol. The highest BCUT2D eigenvalue weighted by Gasteiger charge is 2.30. The van der Waals surface area contributed by atoms with Crippen molar-refractivity contribution < 1.29 is 80.2 Å². The molecule has 0 spiro atoms. The van der Waals surface area contributed by atoms with Gasteiger partial charge >= 0.3 is 39.5 Å². The van der Waals surface area contributed by atoms with Gasteiger partial charge in [-0.05, 0) is 37.5 Å². The topological polar surface area (TPSA) is 237 Å². The molecule has 2 unspecified atom stereocenters. The maximum Gasteiger partial charge on any atom is 0.472 e. The summed E-state index contributed by atoms with van der Waals surface area (Å²) >= 11 is 0. The van der Waals surface area contributed by atoms with E-state index in [9.17, 15) is 43.2 Å². The zero-order chi connectivity index (χ0) is 78.5. The largest absolute Gasteiger partial charge is 0.472 e. The molecule has 3 N–H and O–H groups in total. The molecule has 5 atom stereocenters. The van der Waals surface area contributed by atoms with Gasteiger partial charge in [0, 0.05) is 25.7 Å². The standard InChI is InChI=1S/C88H172O17P2/c1-7-9-11-13-15-17-19-21-23-24-25-26-27-28-29-33-38-42-48-55-61-67-73-88(93)104-83(76-98-85(90)70-64-58-52-46-40-36-34-30-32-35-39-44-50-56-62-68-80(3)4)78-102-106(94,95)100-74-82(89)75-101-107(96,97)103-79-84(77-99-86(91)71-65-59-53-49-43-45-51-57-63-69-81(5)6)105-87(92)72-66-60-54-47-41-37-31-22-20-18-16-14-12-10-8-2/h80-84,89H,7-79H2,1-6H3,(H,94,95)(H,96,97)/t82-,83-,84-/m1/s1. The summed E-state index contributed by atoms with van der Waals surface area (Å²) in [5, 5.41) is 10.7. The highest BCUT2D eigenvalue weighted by Crippen LogP contribution is 2.45. The van der Waals surface area contributed by atoms with Gasteiger partial charge in [-0.25, -0.2) is 9.13 Å². The molecule has 0 aromatic carbocycles. The average Bonchev–Trinajstić information content (AvgIpc) is 0.903. The molecule has 0 heterocycles. The summed E-state index contributed by atoms with van der Waals surface area (Å²) in [6, 6.07) is 0. The zero-order valence-corrected chi connectivity index (χ0v) is 72.2. The van der Waals surface area contributed by atoms with Crippen molar-refractivity contribution in [1.82, 2.24) is 0 Å². The van der Waals surface area contributed by atoms with Gasteiger partial charge in [-0.2, -0.15) is 0 Å². The Bertz CT molecular complexity index is 2050. The van der Waals surface area contributed by atoms with E-state index in [0.717, 1.165) is 102 Å². The normalized spacial score (nSPS) is 13.8. The fraction of sp³-hybridized carbons (Fsp3) is 0.955. The van der Waals surface area contributed by atoms with Gasteiger partial charge < -0.3 is 33.8 Å². The van der Waals surface area contributed by atoms with E-state index in [1.807, 2.05) is 0 Å². The summed E-state index contributed by atoms with van der Waals surface area (Å²) in [5.74, 6) is -0.549. The summed E-state index contributed by atoms with van der Waals surface area (Å²) in [6.45, 7) is 9.69. The van der Waals surface area contributed by atoms with E-state index < -0.39 is 97.5 Å². The van der Waals surface area contributed by atoms with Crippen LogP contribution in [-0.4, -0.2) is 96.7 Å². The second-order valence-corrected chi connectivity index (χ2v) is 35.5. The van der Waals surface area contributed by atoms with Gasteiger partial charge in [0.1, 0.15) is 19.3 Å². The summed E-state index contributed by atoms with van der Waals surface area (Å²) < 4.78 is 69.0. The smallest absolute Gasteiger partial charge is 0.462 e. The molecule has 0 bridgehead atoms. The number of aliphatic hydroxyl groups is 1. The Morgan fingerprint density at radius 3 is 0.636 bits per heavy atom. The van der Waals surface area contributed by atoms with E-state index >= 15 is 0 Å². The van der Waals surface area contributed by atoms with Crippen LogP contribution < -0.4 is 0 Å². The van der Waals surface area contributed by atoms with Crippen LogP contribution in [0.5, 0.6) is 0 Å². The molecule has 0 aliphatic heterocycles. The summed E-state index contributed by atoms with van der Waals surface area (Å²) in [7, 11) is -9.93. The first-order valence-corrected chi connectivity index (χ1v) is 48.5. The molecule has 0 rings (SSSR count). The van der Waals surface area contributed by atoms with Crippen LogP contribution in [0.4, 0.5) is 0 Å². The molecule has 0 saturated heterocycles. The number of phosphoric acid groups is 2. The van der Waals surface area contributed by atoms with Crippen LogP contribution in [0.2, 0.25) is 0 Å². The molecule has 0 aromatic rings. The van der Waals surface area contributed by atoms with Crippen LogP contribution in [0.15, 0.2) is 0 Å². The molecule has 0 fully saturated rings. The number of hydrogen-bond acceptors (Lipinski definition) is 15. The van der Waals surface area contributed by atoms with Crippen molar-refractivity contribution in [2.24, 2.45) is 11.8 Å². The predicted molar refractivity (Wildman–Crippen MR) is 442 cm³/mol. The monoisotopic (exact) mass is 1560 g/mol. The van der Waals surface area contributed by atoms with Gasteiger partial charge in [0.25, 0.3) is 0 Å². The van der Waals surface area contributed by atoms with Crippen molar-refractivity contribution in [1.29, 1.82) is 0 Å². The lowest BCUT2D eigenvalue weighted by Crippen LogP contribution is -2.30. The lowest BCUT2D eigenvalue weighted by molar-refractivity contribution is -0.161. The number of carbonyl (C=O) groups is 4. The van der Waals surface area contributed by atoms with Gasteiger partial charge in [0.05, 0.1) is 26.4 Å². The Morgan fingerprint density at radius 1 is 0.252 bits per heavy atom. The minimum atomic E-state index is -4.97. The molecule has 636 valence electrons. The molecule has 107 heavy (non-hydrogen) atoms. The Balaban J connectivity index is 5.24. The number of esters is 4. The fourth-order valence-corrected chi connectivity index (χ4v) is 15.4. The number of ether oxygens (including phenoxy) is 4. The molecule has 0 radical (unpaired) electrons. The van der Waals surface area contributed by atoms with E-state index in [1.54, 1.807) is 0 Å². The van der Waals surface area contributed by atoms with Crippen LogP contribution in [0.3, 0.4) is 0 Å². The van der Waals surface area contributed by atoms with E-state index in [4.69, 9.17) is 37.0 Å². The van der Waals surface area contributed by atoms with E-state index in [0.29, 0.717) is 25.7 Å². The molecule has 0 saturated carbocycles. The number of unbranched alkanes of at least 4 members (excludes halogenated alkanes) is 57. The lowest BCUT2D eigenvalue weighted by Gasteiger charge is -2.21. The number of hydrogen-bond donors (Lipinski definition) is 3. The molecule has 19 heteroatoms. The van der Waals surface area contributed by atoms with Crippen molar-refractivity contribution in [2.45, 2.75) is 490 Å². The second-order valence-electron chi connectivity index (χ2n) is 32.6. The molecule has 17 nitrogen and oxygen atoms in total. The van der Waals surface area contributed by atoms with E-state index in [2.05, 4.69) is 41.5 Å². The van der Waals surface area contributed by atoms with Crippen LogP contribution in [0.1, 0.15) is 472 Å². The van der Waals surface area contributed by atoms with Gasteiger partial charge in [-0.1, -0.05) is 420 Å². The number of rotatable bonds is 87. The number of carbonyl (C=O) groups excluding carboxylic acids is 4. The first-order valence-electron chi connectivity index (χ1n) is 45.5. The van der Waals surface area contributed by atoms with Crippen molar-refractivity contribution in [2.75, 3.05) is 39.6 Å². The molecule has 0 aromatic heterocycles. The summed E-state index contributed by atoms with van der Waals surface area (Å²) in [6.07, 6.45) is 72.3. The Kier molecular flexibility index (Phi) is 77.9. The predicted octanol–water partition coefficient (Wildman–Crippen LogP) is 27.0. The van der Waals surface area contributed by atoms with Crippen molar-refractivity contribution in [3.05, 3.63) is 0 Å². The second kappa shape index (κ2) is 79.3. The first kappa shape index (κ1) is 105. The first-order chi connectivity index (χ1) is 51.9. The van der Waals surface area contributed by atoms with Crippen LogP contribution >= 0.6 is 15.6 Å². The van der Waals surface area contributed by atoms with Crippen molar-refractivity contribution in [3.8, 4) is 0 Å².